The van der Waals surface area contributed by atoms with Crippen LogP contribution < -0.4 is 5.32 Å². The summed E-state index contributed by atoms with van der Waals surface area (Å²) in [6.45, 7) is 10.7. The standard InChI is InChI=1S/C25H26N4OS/c1-5-15-29-17(4)21(22(26-25(29)31)19-13-9-18(6-2)10-14-19)24-27-23(28-30-24)20-11-7-16(3)8-12-20/h5,7-14,22H,1,6,15H2,2-4H3,(H,26,31). The van der Waals surface area contributed by atoms with Crippen LogP contribution in [-0.4, -0.2) is 26.7 Å². The lowest BCUT2D eigenvalue weighted by Crippen LogP contribution is -2.45. The van der Waals surface area contributed by atoms with Crippen LogP contribution in [0.2, 0.25) is 0 Å². The molecule has 4 rings (SSSR count). The molecule has 0 aliphatic carbocycles. The molecule has 5 nitrogen and oxygen atoms in total. The Labute approximate surface area is 188 Å². The molecule has 0 amide bonds. The lowest BCUT2D eigenvalue weighted by atomic mass is 9.94. The van der Waals surface area contributed by atoms with Crippen molar-refractivity contribution in [1.82, 2.24) is 20.4 Å². The summed E-state index contributed by atoms with van der Waals surface area (Å²) in [6.07, 6.45) is 2.83. The molecule has 2 heterocycles. The number of benzene rings is 2. The third-order valence-corrected chi connectivity index (χ3v) is 5.93. The van der Waals surface area contributed by atoms with Gasteiger partial charge in [0, 0.05) is 17.8 Å². The molecule has 0 saturated carbocycles. The Balaban J connectivity index is 1.79. The highest BCUT2D eigenvalue weighted by Crippen LogP contribution is 2.37. The van der Waals surface area contributed by atoms with E-state index < -0.39 is 0 Å². The monoisotopic (exact) mass is 430 g/mol. The fourth-order valence-corrected chi connectivity index (χ4v) is 4.09. The van der Waals surface area contributed by atoms with Gasteiger partial charge < -0.3 is 14.7 Å². The molecule has 1 aliphatic rings. The summed E-state index contributed by atoms with van der Waals surface area (Å²) in [5.41, 5.74) is 6.40. The molecule has 0 saturated heterocycles. The van der Waals surface area contributed by atoms with Crippen molar-refractivity contribution in [3.8, 4) is 11.4 Å². The van der Waals surface area contributed by atoms with Crippen molar-refractivity contribution in [2.75, 3.05) is 6.54 Å². The maximum Gasteiger partial charge on any atom is 0.258 e. The van der Waals surface area contributed by atoms with E-state index in [1.807, 2.05) is 42.2 Å². The maximum atomic E-state index is 5.76. The Morgan fingerprint density at radius 3 is 2.48 bits per heavy atom. The second-order valence-corrected chi connectivity index (χ2v) is 8.05. The molecule has 31 heavy (non-hydrogen) atoms. The maximum absolute atomic E-state index is 5.76. The Morgan fingerprint density at radius 2 is 1.84 bits per heavy atom. The molecular weight excluding hydrogens is 404 g/mol. The van der Waals surface area contributed by atoms with Gasteiger partial charge in [-0.2, -0.15) is 4.98 Å². The van der Waals surface area contributed by atoms with Crippen LogP contribution in [0, 0.1) is 6.92 Å². The van der Waals surface area contributed by atoms with Crippen molar-refractivity contribution in [2.24, 2.45) is 0 Å². The van der Waals surface area contributed by atoms with Gasteiger partial charge >= 0.3 is 0 Å². The molecule has 3 aromatic rings. The Morgan fingerprint density at radius 1 is 1.13 bits per heavy atom. The molecule has 0 radical (unpaired) electrons. The zero-order valence-electron chi connectivity index (χ0n) is 18.1. The highest BCUT2D eigenvalue weighted by Gasteiger charge is 2.33. The number of thiocarbonyl (C=S) groups is 1. The van der Waals surface area contributed by atoms with Crippen LogP contribution in [0.3, 0.4) is 0 Å². The van der Waals surface area contributed by atoms with Gasteiger partial charge in [0.2, 0.25) is 5.82 Å². The number of aryl methyl sites for hydroxylation is 2. The fourth-order valence-electron chi connectivity index (χ4n) is 3.76. The molecule has 1 unspecified atom stereocenters. The minimum Gasteiger partial charge on any atom is -0.351 e. The number of hydrogen-bond acceptors (Lipinski definition) is 4. The SMILES string of the molecule is C=CCN1C(=S)NC(c2ccc(CC)cc2)C(c2nc(-c3ccc(C)cc3)no2)=C1C. The Kier molecular flexibility index (Phi) is 6.00. The summed E-state index contributed by atoms with van der Waals surface area (Å²) in [5, 5.41) is 8.37. The van der Waals surface area contributed by atoms with Crippen molar-refractivity contribution < 1.29 is 4.52 Å². The molecule has 158 valence electrons. The van der Waals surface area contributed by atoms with Crippen LogP contribution >= 0.6 is 12.2 Å². The zero-order valence-corrected chi connectivity index (χ0v) is 18.9. The minimum absolute atomic E-state index is 0.175. The minimum atomic E-state index is -0.175. The number of aromatic nitrogens is 2. The zero-order chi connectivity index (χ0) is 22.0. The average Bonchev–Trinajstić information content (AvgIpc) is 3.26. The van der Waals surface area contributed by atoms with Gasteiger partial charge in [0.1, 0.15) is 0 Å². The molecule has 0 spiro atoms. The van der Waals surface area contributed by atoms with Crippen LogP contribution in [0.5, 0.6) is 0 Å². The van der Waals surface area contributed by atoms with Crippen molar-refractivity contribution in [3.05, 3.63) is 89.5 Å². The van der Waals surface area contributed by atoms with E-state index in [2.05, 4.69) is 55.2 Å². The van der Waals surface area contributed by atoms with Crippen LogP contribution in [-0.2, 0) is 6.42 Å². The molecule has 1 aliphatic heterocycles. The second-order valence-electron chi connectivity index (χ2n) is 7.67. The van der Waals surface area contributed by atoms with E-state index in [-0.39, 0.29) is 6.04 Å². The summed E-state index contributed by atoms with van der Waals surface area (Å²) in [5.74, 6) is 1.06. The van der Waals surface area contributed by atoms with Gasteiger partial charge in [-0.05, 0) is 43.6 Å². The van der Waals surface area contributed by atoms with Gasteiger partial charge in [0.05, 0.1) is 11.6 Å². The number of nitrogens with one attached hydrogen (secondary N) is 1. The topological polar surface area (TPSA) is 54.2 Å². The largest absolute Gasteiger partial charge is 0.351 e. The van der Waals surface area contributed by atoms with E-state index in [1.54, 1.807) is 0 Å². The number of nitrogens with zero attached hydrogens (tertiary/aromatic N) is 3. The normalized spacial score (nSPS) is 16.4. The van der Waals surface area contributed by atoms with Gasteiger partial charge in [0.25, 0.3) is 5.89 Å². The number of allylic oxidation sites excluding steroid dienone is 1. The van der Waals surface area contributed by atoms with E-state index in [4.69, 9.17) is 21.7 Å². The van der Waals surface area contributed by atoms with Crippen molar-refractivity contribution >= 4 is 22.9 Å². The van der Waals surface area contributed by atoms with Gasteiger partial charge in [-0.3, -0.25) is 0 Å². The lowest BCUT2D eigenvalue weighted by molar-refractivity contribution is 0.399. The first-order chi connectivity index (χ1) is 15.0. The van der Waals surface area contributed by atoms with E-state index >= 15 is 0 Å². The van der Waals surface area contributed by atoms with Gasteiger partial charge in [0.15, 0.2) is 5.11 Å². The first-order valence-corrected chi connectivity index (χ1v) is 10.8. The quantitative estimate of drug-likeness (QED) is 0.414. The van der Waals surface area contributed by atoms with E-state index in [1.165, 1.54) is 11.1 Å². The summed E-state index contributed by atoms with van der Waals surface area (Å²) in [4.78, 5) is 6.75. The fraction of sp³-hybridized carbons (Fsp3) is 0.240. The third kappa shape index (κ3) is 4.16. The first kappa shape index (κ1) is 21.0. The summed E-state index contributed by atoms with van der Waals surface area (Å²) in [7, 11) is 0. The molecule has 1 aromatic heterocycles. The summed E-state index contributed by atoms with van der Waals surface area (Å²) < 4.78 is 5.76. The van der Waals surface area contributed by atoms with Crippen molar-refractivity contribution in [2.45, 2.75) is 33.2 Å². The predicted molar refractivity (Wildman–Crippen MR) is 128 cm³/mol. The average molecular weight is 431 g/mol. The summed E-state index contributed by atoms with van der Waals surface area (Å²) in [6, 6.07) is 16.5. The van der Waals surface area contributed by atoms with Crippen LogP contribution in [0.4, 0.5) is 0 Å². The molecular formula is C25H26N4OS. The molecule has 1 N–H and O–H groups in total. The van der Waals surface area contributed by atoms with Crippen LogP contribution in [0.15, 0.2) is 71.4 Å². The molecule has 6 heteroatoms. The van der Waals surface area contributed by atoms with Crippen LogP contribution in [0.1, 0.15) is 42.5 Å². The highest BCUT2D eigenvalue weighted by molar-refractivity contribution is 7.80. The van der Waals surface area contributed by atoms with Gasteiger partial charge in [-0.25, -0.2) is 0 Å². The first-order valence-electron chi connectivity index (χ1n) is 10.4. The third-order valence-electron chi connectivity index (χ3n) is 5.60. The lowest BCUT2D eigenvalue weighted by Gasteiger charge is -2.36. The van der Waals surface area contributed by atoms with E-state index in [0.717, 1.165) is 28.8 Å². The molecule has 1 atom stereocenters. The van der Waals surface area contributed by atoms with Crippen molar-refractivity contribution in [3.63, 3.8) is 0 Å². The van der Waals surface area contributed by atoms with Crippen molar-refractivity contribution in [1.29, 1.82) is 0 Å². The van der Waals surface area contributed by atoms with Gasteiger partial charge in [-0.1, -0.05) is 72.3 Å². The van der Waals surface area contributed by atoms with Gasteiger partial charge in [-0.15, -0.1) is 6.58 Å². The number of hydrogen-bond donors (Lipinski definition) is 1. The summed E-state index contributed by atoms with van der Waals surface area (Å²) >= 11 is 5.66. The smallest absolute Gasteiger partial charge is 0.258 e. The Hall–Kier alpha value is -3.25. The van der Waals surface area contributed by atoms with Crippen LogP contribution in [0.25, 0.3) is 17.0 Å². The highest BCUT2D eigenvalue weighted by atomic mass is 32.1. The molecule has 2 aromatic carbocycles. The van der Waals surface area contributed by atoms with E-state index in [9.17, 15) is 0 Å². The van der Waals surface area contributed by atoms with E-state index in [0.29, 0.717) is 23.4 Å². The Bertz CT molecular complexity index is 1130. The second kappa shape index (κ2) is 8.86. The molecule has 0 bridgehead atoms. The molecule has 0 fully saturated rings. The number of rotatable bonds is 6. The predicted octanol–water partition coefficient (Wildman–Crippen LogP) is 5.46.